The molecule has 1 unspecified atom stereocenters. The van der Waals surface area contributed by atoms with Gasteiger partial charge in [0.25, 0.3) is 0 Å². The van der Waals surface area contributed by atoms with E-state index in [0.29, 0.717) is 6.10 Å². The van der Waals surface area contributed by atoms with Crippen molar-refractivity contribution in [2.24, 2.45) is 0 Å². The fraction of sp³-hybridized carbons (Fsp3) is 0.571. The molecule has 0 amide bonds. The first-order valence-electron chi connectivity index (χ1n) is 6.62. The average Bonchev–Trinajstić information content (AvgIpc) is 2.43. The lowest BCUT2D eigenvalue weighted by molar-refractivity contribution is 0.0250. The van der Waals surface area contributed by atoms with Crippen LogP contribution in [-0.2, 0) is 4.74 Å². The summed E-state index contributed by atoms with van der Waals surface area (Å²) < 4.78 is 17.4. The number of rotatable bonds is 4. The Balaban J connectivity index is 1.87. The summed E-state index contributed by atoms with van der Waals surface area (Å²) in [5.74, 6) is 3.76. The van der Waals surface area contributed by atoms with Crippen LogP contribution in [-0.4, -0.2) is 44.4 Å². The normalized spacial score (nSPS) is 23.7. The molecular formula is C14H19NO3S. The Kier molecular flexibility index (Phi) is 4.15. The molecule has 0 aliphatic carbocycles. The van der Waals surface area contributed by atoms with Gasteiger partial charge in [0.2, 0.25) is 0 Å². The Hall–Kier alpha value is -0.910. The third-order valence-electron chi connectivity index (χ3n) is 3.40. The third-order valence-corrected chi connectivity index (χ3v) is 4.61. The summed E-state index contributed by atoms with van der Waals surface area (Å²) in [5, 5.41) is 3.35. The molecule has 2 saturated heterocycles. The highest BCUT2D eigenvalue weighted by molar-refractivity contribution is 8.00. The van der Waals surface area contributed by atoms with Gasteiger partial charge in [0.05, 0.1) is 19.8 Å². The molecule has 4 nitrogen and oxygen atoms in total. The summed E-state index contributed by atoms with van der Waals surface area (Å²) in [6.45, 7) is 2.47. The Bertz CT molecular complexity index is 431. The first kappa shape index (κ1) is 13.1. The SMILES string of the molecule is COc1cccc(C2CNCCO2)c1OC1CSC1. The standard InChI is InChI=1S/C14H19NO3S/c1-16-12-4-2-3-11(13-7-15-5-6-17-13)14(12)18-10-8-19-9-10/h2-4,10,13,15H,5-9H2,1H3. The molecule has 1 atom stereocenters. The molecule has 19 heavy (non-hydrogen) atoms. The van der Waals surface area contributed by atoms with Crippen LogP contribution in [0.15, 0.2) is 18.2 Å². The number of benzene rings is 1. The van der Waals surface area contributed by atoms with Crippen molar-refractivity contribution in [3.05, 3.63) is 23.8 Å². The molecule has 5 heteroatoms. The van der Waals surface area contributed by atoms with Crippen LogP contribution in [0.4, 0.5) is 0 Å². The van der Waals surface area contributed by atoms with E-state index in [-0.39, 0.29) is 6.10 Å². The zero-order valence-corrected chi connectivity index (χ0v) is 11.9. The number of hydrogen-bond donors (Lipinski definition) is 1. The van der Waals surface area contributed by atoms with Gasteiger partial charge in [0.1, 0.15) is 6.10 Å². The smallest absolute Gasteiger partial charge is 0.167 e. The van der Waals surface area contributed by atoms with E-state index >= 15 is 0 Å². The lowest BCUT2D eigenvalue weighted by Gasteiger charge is -2.30. The van der Waals surface area contributed by atoms with Crippen LogP contribution in [0.1, 0.15) is 11.7 Å². The van der Waals surface area contributed by atoms with E-state index in [9.17, 15) is 0 Å². The molecule has 0 aromatic heterocycles. The van der Waals surface area contributed by atoms with Crippen LogP contribution in [0.5, 0.6) is 11.5 Å². The fourth-order valence-corrected chi connectivity index (χ4v) is 2.85. The minimum absolute atomic E-state index is 0.0478. The first-order chi connectivity index (χ1) is 9.38. The fourth-order valence-electron chi connectivity index (χ4n) is 2.29. The third kappa shape index (κ3) is 2.83. The second kappa shape index (κ2) is 6.03. The summed E-state index contributed by atoms with van der Waals surface area (Å²) in [7, 11) is 1.68. The molecule has 2 heterocycles. The minimum Gasteiger partial charge on any atom is -0.493 e. The van der Waals surface area contributed by atoms with Gasteiger partial charge >= 0.3 is 0 Å². The van der Waals surface area contributed by atoms with Gasteiger partial charge in [-0.15, -0.1) is 0 Å². The van der Waals surface area contributed by atoms with E-state index < -0.39 is 0 Å². The van der Waals surface area contributed by atoms with Crippen molar-refractivity contribution in [2.75, 3.05) is 38.3 Å². The lowest BCUT2D eigenvalue weighted by atomic mass is 10.1. The van der Waals surface area contributed by atoms with Gasteiger partial charge in [0, 0.05) is 30.2 Å². The zero-order valence-electron chi connectivity index (χ0n) is 11.1. The molecule has 0 spiro atoms. The van der Waals surface area contributed by atoms with Crippen molar-refractivity contribution < 1.29 is 14.2 Å². The van der Waals surface area contributed by atoms with Crippen LogP contribution in [0.2, 0.25) is 0 Å². The summed E-state index contributed by atoms with van der Waals surface area (Å²) in [6.07, 6.45) is 0.350. The number of nitrogens with one attached hydrogen (secondary N) is 1. The second-order valence-corrected chi connectivity index (χ2v) is 5.79. The number of morpholine rings is 1. The number of hydrogen-bond acceptors (Lipinski definition) is 5. The molecule has 2 aliphatic rings. The summed E-state index contributed by atoms with van der Waals surface area (Å²) in [4.78, 5) is 0. The van der Waals surface area contributed by atoms with Crippen LogP contribution >= 0.6 is 11.8 Å². The second-order valence-electron chi connectivity index (χ2n) is 4.72. The molecule has 0 radical (unpaired) electrons. The number of thioether (sulfide) groups is 1. The Labute approximate surface area is 117 Å². The molecule has 2 aliphatic heterocycles. The van der Waals surface area contributed by atoms with Gasteiger partial charge in [0.15, 0.2) is 11.5 Å². The molecule has 1 aromatic rings. The highest BCUT2D eigenvalue weighted by atomic mass is 32.2. The summed E-state index contributed by atoms with van der Waals surface area (Å²) >= 11 is 1.91. The van der Waals surface area contributed by atoms with Crippen molar-refractivity contribution in [2.45, 2.75) is 12.2 Å². The Morgan fingerprint density at radius 1 is 1.37 bits per heavy atom. The van der Waals surface area contributed by atoms with Gasteiger partial charge in [-0.3, -0.25) is 0 Å². The number of ether oxygens (including phenoxy) is 3. The van der Waals surface area contributed by atoms with E-state index in [4.69, 9.17) is 14.2 Å². The van der Waals surface area contributed by atoms with E-state index in [2.05, 4.69) is 11.4 Å². The van der Waals surface area contributed by atoms with Crippen molar-refractivity contribution in [1.29, 1.82) is 0 Å². The summed E-state index contributed by atoms with van der Waals surface area (Å²) in [5.41, 5.74) is 1.09. The van der Waals surface area contributed by atoms with E-state index in [1.807, 2.05) is 23.9 Å². The molecule has 1 aromatic carbocycles. The zero-order chi connectivity index (χ0) is 13.1. The molecule has 0 saturated carbocycles. The molecule has 3 rings (SSSR count). The molecular weight excluding hydrogens is 262 g/mol. The van der Waals surface area contributed by atoms with Crippen LogP contribution in [0.3, 0.4) is 0 Å². The van der Waals surface area contributed by atoms with Crippen LogP contribution < -0.4 is 14.8 Å². The maximum absolute atomic E-state index is 6.10. The van der Waals surface area contributed by atoms with Gasteiger partial charge in [-0.25, -0.2) is 0 Å². The highest BCUT2D eigenvalue weighted by Crippen LogP contribution is 2.38. The van der Waals surface area contributed by atoms with Crippen molar-refractivity contribution in [3.8, 4) is 11.5 Å². The van der Waals surface area contributed by atoms with E-state index in [0.717, 1.165) is 48.3 Å². The predicted octanol–water partition coefficient (Wildman–Crippen LogP) is 1.85. The van der Waals surface area contributed by atoms with Gasteiger partial charge in [-0.2, -0.15) is 11.8 Å². The van der Waals surface area contributed by atoms with Gasteiger partial charge < -0.3 is 19.5 Å². The van der Waals surface area contributed by atoms with Crippen LogP contribution in [0.25, 0.3) is 0 Å². The maximum atomic E-state index is 6.10. The lowest BCUT2D eigenvalue weighted by Crippen LogP contribution is -2.35. The predicted molar refractivity (Wildman–Crippen MR) is 76.3 cm³/mol. The van der Waals surface area contributed by atoms with Gasteiger partial charge in [-0.05, 0) is 6.07 Å². The van der Waals surface area contributed by atoms with Crippen LogP contribution in [0, 0.1) is 0 Å². The minimum atomic E-state index is 0.0478. The van der Waals surface area contributed by atoms with Crippen molar-refractivity contribution >= 4 is 11.8 Å². The first-order valence-corrected chi connectivity index (χ1v) is 7.77. The monoisotopic (exact) mass is 281 g/mol. The Morgan fingerprint density at radius 3 is 2.89 bits per heavy atom. The van der Waals surface area contributed by atoms with E-state index in [1.54, 1.807) is 7.11 Å². The maximum Gasteiger partial charge on any atom is 0.167 e. The molecule has 1 N–H and O–H groups in total. The van der Waals surface area contributed by atoms with Crippen molar-refractivity contribution in [1.82, 2.24) is 5.32 Å². The number of methoxy groups -OCH3 is 1. The van der Waals surface area contributed by atoms with E-state index in [1.165, 1.54) is 0 Å². The highest BCUT2D eigenvalue weighted by Gasteiger charge is 2.27. The summed E-state index contributed by atoms with van der Waals surface area (Å²) in [6, 6.07) is 6.01. The Morgan fingerprint density at radius 2 is 2.26 bits per heavy atom. The van der Waals surface area contributed by atoms with Gasteiger partial charge in [-0.1, -0.05) is 12.1 Å². The topological polar surface area (TPSA) is 39.7 Å². The largest absolute Gasteiger partial charge is 0.493 e. The number of para-hydroxylation sites is 1. The molecule has 2 fully saturated rings. The molecule has 0 bridgehead atoms. The quantitative estimate of drug-likeness (QED) is 0.912. The van der Waals surface area contributed by atoms with Crippen molar-refractivity contribution in [3.63, 3.8) is 0 Å². The molecule has 104 valence electrons. The average molecular weight is 281 g/mol.